The summed E-state index contributed by atoms with van der Waals surface area (Å²) in [5.74, 6) is 0. The summed E-state index contributed by atoms with van der Waals surface area (Å²) in [5, 5.41) is 0.0345. The van der Waals surface area contributed by atoms with Crippen LogP contribution in [-0.2, 0) is 12.8 Å². The number of hydrogen-bond donors (Lipinski definition) is 0. The van der Waals surface area contributed by atoms with Gasteiger partial charge in [0, 0.05) is 6.20 Å². The highest BCUT2D eigenvalue weighted by atomic mass is 35.5. The van der Waals surface area contributed by atoms with E-state index >= 15 is 0 Å². The summed E-state index contributed by atoms with van der Waals surface area (Å²) in [6, 6.07) is 2.17. The van der Waals surface area contributed by atoms with Gasteiger partial charge < -0.3 is 0 Å². The standard InChI is InChI=1S/C11H14ClN/c1-8(12)11-6-9-4-2-3-5-10(9)7-13-11/h6-8H,2-5H2,1H3. The third kappa shape index (κ3) is 1.86. The minimum absolute atomic E-state index is 0.0345. The summed E-state index contributed by atoms with van der Waals surface area (Å²) < 4.78 is 0. The first-order chi connectivity index (χ1) is 6.27. The molecule has 0 spiro atoms. The Kier molecular flexibility index (Phi) is 2.54. The van der Waals surface area contributed by atoms with Gasteiger partial charge in [-0.15, -0.1) is 11.6 Å². The van der Waals surface area contributed by atoms with E-state index in [0.29, 0.717) is 0 Å². The van der Waals surface area contributed by atoms with Gasteiger partial charge in [0.2, 0.25) is 0 Å². The zero-order valence-electron chi connectivity index (χ0n) is 7.89. The quantitative estimate of drug-likeness (QED) is 0.627. The number of rotatable bonds is 1. The average Bonchev–Trinajstić information content (AvgIpc) is 2.17. The lowest BCUT2D eigenvalue weighted by Gasteiger charge is -2.16. The fourth-order valence-electron chi connectivity index (χ4n) is 1.85. The van der Waals surface area contributed by atoms with E-state index in [4.69, 9.17) is 11.6 Å². The van der Waals surface area contributed by atoms with Gasteiger partial charge in [-0.25, -0.2) is 0 Å². The molecule has 0 radical (unpaired) electrons. The van der Waals surface area contributed by atoms with Crippen LogP contribution in [0.1, 0.15) is 42.0 Å². The number of nitrogens with zero attached hydrogens (tertiary/aromatic N) is 1. The number of aryl methyl sites for hydroxylation is 2. The van der Waals surface area contributed by atoms with E-state index in [1.54, 1.807) is 0 Å². The maximum absolute atomic E-state index is 5.98. The first-order valence-corrected chi connectivity index (χ1v) is 5.33. The molecule has 1 heterocycles. The van der Waals surface area contributed by atoms with Crippen LogP contribution in [-0.4, -0.2) is 4.98 Å². The summed E-state index contributed by atoms with van der Waals surface area (Å²) in [5.41, 5.74) is 3.90. The Morgan fingerprint density at radius 1 is 1.31 bits per heavy atom. The van der Waals surface area contributed by atoms with Crippen molar-refractivity contribution in [2.45, 2.75) is 38.0 Å². The maximum Gasteiger partial charge on any atom is 0.0729 e. The van der Waals surface area contributed by atoms with Gasteiger partial charge in [0.1, 0.15) is 0 Å². The van der Waals surface area contributed by atoms with E-state index in [0.717, 1.165) is 5.69 Å². The summed E-state index contributed by atoms with van der Waals surface area (Å²) in [4.78, 5) is 4.36. The van der Waals surface area contributed by atoms with Crippen LogP contribution in [0.25, 0.3) is 0 Å². The predicted octanol–water partition coefficient (Wildman–Crippen LogP) is 3.26. The molecule has 1 aromatic rings. The number of aromatic nitrogens is 1. The van der Waals surface area contributed by atoms with Gasteiger partial charge in [-0.3, -0.25) is 4.98 Å². The highest BCUT2D eigenvalue weighted by Gasteiger charge is 2.11. The molecule has 0 bridgehead atoms. The molecule has 1 aliphatic carbocycles. The number of fused-ring (bicyclic) bond motifs is 1. The van der Waals surface area contributed by atoms with Crippen molar-refractivity contribution < 1.29 is 0 Å². The molecule has 70 valence electrons. The second-order valence-corrected chi connectivity index (χ2v) is 4.36. The Balaban J connectivity index is 2.35. The third-order valence-electron chi connectivity index (χ3n) is 2.65. The highest BCUT2D eigenvalue weighted by Crippen LogP contribution is 2.24. The van der Waals surface area contributed by atoms with E-state index in [9.17, 15) is 0 Å². The summed E-state index contributed by atoms with van der Waals surface area (Å²) in [6.45, 7) is 1.97. The van der Waals surface area contributed by atoms with E-state index in [1.807, 2.05) is 13.1 Å². The third-order valence-corrected chi connectivity index (χ3v) is 2.88. The highest BCUT2D eigenvalue weighted by molar-refractivity contribution is 6.20. The van der Waals surface area contributed by atoms with E-state index in [2.05, 4.69) is 11.1 Å². The van der Waals surface area contributed by atoms with Gasteiger partial charge >= 0.3 is 0 Å². The lowest BCUT2D eigenvalue weighted by molar-refractivity contribution is 0.679. The lowest BCUT2D eigenvalue weighted by Crippen LogP contribution is -2.05. The van der Waals surface area contributed by atoms with Crippen molar-refractivity contribution in [2.75, 3.05) is 0 Å². The Labute approximate surface area is 84.1 Å². The molecule has 1 unspecified atom stereocenters. The molecule has 1 aromatic heterocycles. The fraction of sp³-hybridized carbons (Fsp3) is 0.545. The molecule has 13 heavy (non-hydrogen) atoms. The average molecular weight is 196 g/mol. The van der Waals surface area contributed by atoms with Crippen molar-refractivity contribution in [3.63, 3.8) is 0 Å². The number of hydrogen-bond acceptors (Lipinski definition) is 1. The molecule has 0 N–H and O–H groups in total. The van der Waals surface area contributed by atoms with Crippen LogP contribution in [0.4, 0.5) is 0 Å². The molecular weight excluding hydrogens is 182 g/mol. The van der Waals surface area contributed by atoms with Gasteiger partial charge in [0.05, 0.1) is 11.1 Å². The number of pyridine rings is 1. The molecule has 0 fully saturated rings. The second-order valence-electron chi connectivity index (χ2n) is 3.70. The van der Waals surface area contributed by atoms with Gasteiger partial charge in [0.15, 0.2) is 0 Å². The molecule has 1 atom stereocenters. The zero-order chi connectivity index (χ0) is 9.26. The maximum atomic E-state index is 5.98. The molecule has 0 aromatic carbocycles. The summed E-state index contributed by atoms with van der Waals surface area (Å²) in [7, 11) is 0. The summed E-state index contributed by atoms with van der Waals surface area (Å²) in [6.07, 6.45) is 7.02. The SMILES string of the molecule is CC(Cl)c1cc2c(cn1)CCCC2. The molecular formula is C11H14ClN. The Hall–Kier alpha value is -0.560. The van der Waals surface area contributed by atoms with Gasteiger partial charge in [-0.2, -0.15) is 0 Å². The van der Waals surface area contributed by atoms with Crippen molar-refractivity contribution in [2.24, 2.45) is 0 Å². The van der Waals surface area contributed by atoms with Crippen molar-refractivity contribution in [1.29, 1.82) is 0 Å². The lowest BCUT2D eigenvalue weighted by atomic mass is 9.93. The van der Waals surface area contributed by atoms with Gasteiger partial charge in [-0.1, -0.05) is 0 Å². The van der Waals surface area contributed by atoms with E-state index in [1.165, 1.54) is 36.8 Å². The van der Waals surface area contributed by atoms with Crippen molar-refractivity contribution in [3.8, 4) is 0 Å². The van der Waals surface area contributed by atoms with Crippen LogP contribution in [0.3, 0.4) is 0 Å². The largest absolute Gasteiger partial charge is 0.259 e. The Morgan fingerprint density at radius 3 is 2.69 bits per heavy atom. The number of alkyl halides is 1. The normalized spacial score (nSPS) is 18.0. The molecule has 2 rings (SSSR count). The van der Waals surface area contributed by atoms with Gasteiger partial charge in [-0.05, 0) is 49.8 Å². The van der Waals surface area contributed by atoms with Crippen molar-refractivity contribution >= 4 is 11.6 Å². The van der Waals surface area contributed by atoms with Crippen LogP contribution < -0.4 is 0 Å². The molecule has 0 saturated carbocycles. The molecule has 2 heteroatoms. The van der Waals surface area contributed by atoms with Crippen molar-refractivity contribution in [3.05, 3.63) is 29.1 Å². The molecule has 1 nitrogen and oxygen atoms in total. The Morgan fingerprint density at radius 2 is 2.00 bits per heavy atom. The van der Waals surface area contributed by atoms with E-state index < -0.39 is 0 Å². The molecule has 1 aliphatic rings. The zero-order valence-corrected chi connectivity index (χ0v) is 8.64. The van der Waals surface area contributed by atoms with Crippen LogP contribution in [0.5, 0.6) is 0 Å². The molecule has 0 amide bonds. The first-order valence-electron chi connectivity index (χ1n) is 4.89. The van der Waals surface area contributed by atoms with Crippen LogP contribution in [0.2, 0.25) is 0 Å². The second kappa shape index (κ2) is 3.67. The number of halogens is 1. The van der Waals surface area contributed by atoms with Crippen LogP contribution in [0.15, 0.2) is 12.3 Å². The smallest absolute Gasteiger partial charge is 0.0729 e. The molecule has 0 saturated heterocycles. The van der Waals surface area contributed by atoms with Crippen LogP contribution in [0, 0.1) is 0 Å². The minimum atomic E-state index is 0.0345. The Bertz CT molecular complexity index is 307. The first kappa shape index (κ1) is 9.01. The topological polar surface area (TPSA) is 12.9 Å². The molecule has 0 aliphatic heterocycles. The minimum Gasteiger partial charge on any atom is -0.259 e. The monoisotopic (exact) mass is 195 g/mol. The van der Waals surface area contributed by atoms with Crippen molar-refractivity contribution in [1.82, 2.24) is 4.98 Å². The van der Waals surface area contributed by atoms with E-state index in [-0.39, 0.29) is 5.38 Å². The fourth-order valence-corrected chi connectivity index (χ4v) is 1.97. The summed E-state index contributed by atoms with van der Waals surface area (Å²) >= 11 is 5.98. The van der Waals surface area contributed by atoms with Gasteiger partial charge in [0.25, 0.3) is 0 Å². The van der Waals surface area contributed by atoms with Crippen LogP contribution >= 0.6 is 11.6 Å². The predicted molar refractivity (Wildman–Crippen MR) is 55.1 cm³/mol.